The molecule has 0 aromatic heterocycles. The van der Waals surface area contributed by atoms with Crippen molar-refractivity contribution in [2.45, 2.75) is 32.9 Å². The van der Waals surface area contributed by atoms with Gasteiger partial charge in [0.15, 0.2) is 0 Å². The summed E-state index contributed by atoms with van der Waals surface area (Å²) in [6, 6.07) is 5.94. The molecule has 0 spiro atoms. The van der Waals surface area contributed by atoms with Crippen LogP contribution in [0.5, 0.6) is 0 Å². The average molecular weight is 355 g/mol. The number of carboxylic acid groups (broad SMARTS) is 1. The summed E-state index contributed by atoms with van der Waals surface area (Å²) >= 11 is 3.49. The minimum Gasteiger partial charge on any atom is -0.478 e. The smallest absolute Gasteiger partial charge is 0.335 e. The first-order valence-electron chi connectivity index (χ1n) is 7.53. The number of hydrogen-bond donors (Lipinski definition) is 1. The van der Waals surface area contributed by atoms with E-state index < -0.39 is 5.97 Å². The summed E-state index contributed by atoms with van der Waals surface area (Å²) in [5, 5.41) is 9.00. The van der Waals surface area contributed by atoms with Crippen molar-refractivity contribution in [3.8, 4) is 0 Å². The normalized spacial score (nSPS) is 19.3. The van der Waals surface area contributed by atoms with Gasteiger partial charge in [-0.25, -0.2) is 4.79 Å². The van der Waals surface area contributed by atoms with E-state index in [1.165, 1.54) is 6.42 Å². The maximum atomic E-state index is 11.0. The van der Waals surface area contributed by atoms with E-state index in [-0.39, 0.29) is 0 Å². The number of benzene rings is 1. The summed E-state index contributed by atoms with van der Waals surface area (Å²) < 4.78 is 0.883. The highest BCUT2D eigenvalue weighted by molar-refractivity contribution is 9.10. The van der Waals surface area contributed by atoms with Gasteiger partial charge in [-0.15, -0.1) is 0 Å². The van der Waals surface area contributed by atoms with Crippen LogP contribution in [0.1, 0.15) is 36.2 Å². The molecule has 4 nitrogen and oxygen atoms in total. The van der Waals surface area contributed by atoms with Crippen molar-refractivity contribution in [3.05, 3.63) is 33.8 Å². The molecule has 116 valence electrons. The lowest BCUT2D eigenvalue weighted by atomic mass is 10.1. The molecule has 1 heterocycles. The molecule has 1 aromatic carbocycles. The Labute approximate surface area is 134 Å². The molecule has 1 aromatic rings. The maximum absolute atomic E-state index is 11.0. The number of nitrogens with zero attached hydrogens (tertiary/aromatic N) is 2. The van der Waals surface area contributed by atoms with Crippen molar-refractivity contribution in [2.24, 2.45) is 0 Å². The van der Waals surface area contributed by atoms with Gasteiger partial charge in [-0.05, 0) is 37.2 Å². The number of carboxylic acids is 1. The number of rotatable bonds is 6. The molecule has 1 aliphatic rings. The molecule has 0 bridgehead atoms. The second-order valence-electron chi connectivity index (χ2n) is 5.51. The maximum Gasteiger partial charge on any atom is 0.335 e. The highest BCUT2D eigenvalue weighted by Crippen LogP contribution is 2.23. The van der Waals surface area contributed by atoms with Gasteiger partial charge in [-0.2, -0.15) is 0 Å². The molecular formula is C16H23BrN2O2. The molecular weight excluding hydrogens is 332 g/mol. The molecule has 1 N–H and O–H groups in total. The number of hydrogen-bond acceptors (Lipinski definition) is 3. The SMILES string of the molecule is CCN(CC)C1CCN(Cc2ccc(C(=O)O)cc2Br)C1. The van der Waals surface area contributed by atoms with Crippen LogP contribution < -0.4 is 0 Å². The van der Waals surface area contributed by atoms with Crippen LogP contribution in [0, 0.1) is 0 Å². The van der Waals surface area contributed by atoms with Crippen LogP contribution in [0.3, 0.4) is 0 Å². The Morgan fingerprint density at radius 2 is 2.14 bits per heavy atom. The first kappa shape index (κ1) is 16.5. The van der Waals surface area contributed by atoms with Crippen molar-refractivity contribution in [1.82, 2.24) is 9.80 Å². The Kier molecular flexibility index (Phi) is 5.79. The van der Waals surface area contributed by atoms with E-state index >= 15 is 0 Å². The minimum atomic E-state index is -0.884. The molecule has 1 fully saturated rings. The summed E-state index contributed by atoms with van der Waals surface area (Å²) in [5.74, 6) is -0.884. The monoisotopic (exact) mass is 354 g/mol. The summed E-state index contributed by atoms with van der Waals surface area (Å²) in [7, 11) is 0. The fraction of sp³-hybridized carbons (Fsp3) is 0.562. The van der Waals surface area contributed by atoms with Crippen LogP contribution in [0.4, 0.5) is 0 Å². The zero-order valence-corrected chi connectivity index (χ0v) is 14.3. The lowest BCUT2D eigenvalue weighted by molar-refractivity contribution is 0.0697. The van der Waals surface area contributed by atoms with Crippen molar-refractivity contribution in [3.63, 3.8) is 0 Å². The first-order chi connectivity index (χ1) is 10.0. The van der Waals surface area contributed by atoms with Gasteiger partial charge >= 0.3 is 5.97 Å². The van der Waals surface area contributed by atoms with Gasteiger partial charge in [0.25, 0.3) is 0 Å². The molecule has 0 radical (unpaired) electrons. The van der Waals surface area contributed by atoms with Crippen LogP contribution in [0.25, 0.3) is 0 Å². The average Bonchev–Trinajstić information content (AvgIpc) is 2.91. The summed E-state index contributed by atoms with van der Waals surface area (Å²) in [4.78, 5) is 15.9. The van der Waals surface area contributed by atoms with Gasteiger partial charge in [0.05, 0.1) is 5.56 Å². The zero-order chi connectivity index (χ0) is 15.4. The third-order valence-electron chi connectivity index (χ3n) is 4.27. The Hall–Kier alpha value is -0.910. The third kappa shape index (κ3) is 4.05. The van der Waals surface area contributed by atoms with Crippen molar-refractivity contribution >= 4 is 21.9 Å². The van der Waals surface area contributed by atoms with E-state index in [1.807, 2.05) is 6.07 Å². The Balaban J connectivity index is 1.98. The highest BCUT2D eigenvalue weighted by atomic mass is 79.9. The van der Waals surface area contributed by atoms with E-state index in [0.29, 0.717) is 11.6 Å². The molecule has 2 rings (SSSR count). The lowest BCUT2D eigenvalue weighted by Gasteiger charge is -2.26. The Morgan fingerprint density at radius 3 is 2.71 bits per heavy atom. The van der Waals surface area contributed by atoms with E-state index in [2.05, 4.69) is 39.6 Å². The minimum absolute atomic E-state index is 0.327. The topological polar surface area (TPSA) is 43.8 Å². The van der Waals surface area contributed by atoms with Gasteiger partial charge in [0.2, 0.25) is 0 Å². The van der Waals surface area contributed by atoms with Crippen molar-refractivity contribution in [2.75, 3.05) is 26.2 Å². The van der Waals surface area contributed by atoms with Crippen molar-refractivity contribution < 1.29 is 9.90 Å². The van der Waals surface area contributed by atoms with Crippen LogP contribution in [0.2, 0.25) is 0 Å². The Bertz CT molecular complexity index is 503. The lowest BCUT2D eigenvalue weighted by Crippen LogP contribution is -2.37. The quantitative estimate of drug-likeness (QED) is 0.852. The molecule has 0 aliphatic carbocycles. The molecule has 1 atom stereocenters. The molecule has 5 heteroatoms. The second-order valence-corrected chi connectivity index (χ2v) is 6.36. The number of likely N-dealkylation sites (tertiary alicyclic amines) is 1. The van der Waals surface area contributed by atoms with Gasteiger partial charge in [-0.1, -0.05) is 35.8 Å². The van der Waals surface area contributed by atoms with Gasteiger partial charge in [0, 0.05) is 30.1 Å². The van der Waals surface area contributed by atoms with E-state index in [9.17, 15) is 4.79 Å². The van der Waals surface area contributed by atoms with Gasteiger partial charge in [0.1, 0.15) is 0 Å². The molecule has 0 amide bonds. The summed E-state index contributed by atoms with van der Waals surface area (Å²) in [6.45, 7) is 9.71. The molecule has 1 aliphatic heterocycles. The summed E-state index contributed by atoms with van der Waals surface area (Å²) in [6.07, 6.45) is 1.21. The predicted molar refractivity (Wildman–Crippen MR) is 87.7 cm³/mol. The van der Waals surface area contributed by atoms with Crippen LogP contribution in [-0.4, -0.2) is 53.1 Å². The van der Waals surface area contributed by atoms with Gasteiger partial charge in [-0.3, -0.25) is 9.80 Å². The number of aromatic carboxylic acids is 1. The molecule has 21 heavy (non-hydrogen) atoms. The number of likely N-dealkylation sites (N-methyl/N-ethyl adjacent to an activating group) is 1. The zero-order valence-electron chi connectivity index (χ0n) is 12.7. The van der Waals surface area contributed by atoms with Crippen LogP contribution in [0.15, 0.2) is 22.7 Å². The van der Waals surface area contributed by atoms with Gasteiger partial charge < -0.3 is 5.11 Å². The van der Waals surface area contributed by atoms with Crippen LogP contribution >= 0.6 is 15.9 Å². The van der Waals surface area contributed by atoms with E-state index in [1.54, 1.807) is 12.1 Å². The number of carbonyl (C=O) groups is 1. The molecule has 1 unspecified atom stereocenters. The van der Waals surface area contributed by atoms with E-state index in [4.69, 9.17) is 5.11 Å². The largest absolute Gasteiger partial charge is 0.478 e. The fourth-order valence-electron chi connectivity index (χ4n) is 3.04. The van der Waals surface area contributed by atoms with Crippen LogP contribution in [-0.2, 0) is 6.54 Å². The predicted octanol–water partition coefficient (Wildman–Crippen LogP) is 3.06. The third-order valence-corrected chi connectivity index (χ3v) is 5.01. The molecule has 1 saturated heterocycles. The molecule has 0 saturated carbocycles. The Morgan fingerprint density at radius 1 is 1.43 bits per heavy atom. The number of halogens is 1. The fourth-order valence-corrected chi connectivity index (χ4v) is 3.55. The van der Waals surface area contributed by atoms with Crippen molar-refractivity contribution in [1.29, 1.82) is 0 Å². The standard InChI is InChI=1S/C16H23BrN2O2/c1-3-19(4-2)14-7-8-18(11-14)10-13-6-5-12(16(20)21)9-15(13)17/h5-6,9,14H,3-4,7-8,10-11H2,1-2H3,(H,20,21). The summed E-state index contributed by atoms with van der Waals surface area (Å²) in [5.41, 5.74) is 1.48. The highest BCUT2D eigenvalue weighted by Gasteiger charge is 2.26. The van der Waals surface area contributed by atoms with E-state index in [0.717, 1.165) is 42.8 Å². The first-order valence-corrected chi connectivity index (χ1v) is 8.32. The second kappa shape index (κ2) is 7.38.